The summed E-state index contributed by atoms with van der Waals surface area (Å²) in [6.45, 7) is 1.01. The van der Waals surface area contributed by atoms with Crippen LogP contribution in [0.25, 0.3) is 16.9 Å². The van der Waals surface area contributed by atoms with Gasteiger partial charge >= 0.3 is 5.16 Å². The van der Waals surface area contributed by atoms with Gasteiger partial charge in [-0.05, 0) is 54.6 Å². The summed E-state index contributed by atoms with van der Waals surface area (Å²) < 4.78 is 17.8. The van der Waals surface area contributed by atoms with E-state index < -0.39 is 0 Å². The molecular weight excluding hydrogens is 375 g/mol. The summed E-state index contributed by atoms with van der Waals surface area (Å²) in [6, 6.07) is 17.1. The molecule has 0 saturated heterocycles. The standard InChI is InChI=1S/C18H16FN2S.BrH/c19-15-9-7-14(8-10-15)17-13-21(16-5-2-1-3-6-16)18-20(17)11-4-12-22-18;/h1-3,5-10,13H,4,11-12H2;1H/q+1;/p-1. The highest BCUT2D eigenvalue weighted by atomic mass is 79.9. The van der Waals surface area contributed by atoms with Gasteiger partial charge in [-0.1, -0.05) is 18.2 Å². The van der Waals surface area contributed by atoms with Crippen LogP contribution in [0.3, 0.4) is 0 Å². The van der Waals surface area contributed by atoms with Crippen molar-refractivity contribution in [3.05, 3.63) is 66.6 Å². The SMILES string of the molecule is Fc1ccc(-c2cn(-c3ccccc3)c3[n+]2CCCS3)cc1.[Br-]. The molecule has 2 heterocycles. The Labute approximate surface area is 149 Å². The fourth-order valence-corrected chi connectivity index (χ4v) is 3.95. The molecule has 2 nitrogen and oxygen atoms in total. The molecule has 1 aromatic heterocycles. The maximum absolute atomic E-state index is 13.2. The summed E-state index contributed by atoms with van der Waals surface area (Å²) >= 11 is 1.88. The van der Waals surface area contributed by atoms with Crippen molar-refractivity contribution in [1.29, 1.82) is 0 Å². The van der Waals surface area contributed by atoms with E-state index in [0.717, 1.165) is 35.7 Å². The van der Waals surface area contributed by atoms with Gasteiger partial charge in [0.1, 0.15) is 17.7 Å². The molecule has 118 valence electrons. The second-order valence-electron chi connectivity index (χ2n) is 5.36. The number of nitrogens with zero attached hydrogens (tertiary/aromatic N) is 2. The highest BCUT2D eigenvalue weighted by Gasteiger charge is 2.28. The molecule has 0 radical (unpaired) electrons. The minimum Gasteiger partial charge on any atom is -1.00 e. The zero-order valence-corrected chi connectivity index (χ0v) is 14.9. The molecule has 1 aliphatic rings. The molecule has 3 aromatic rings. The first-order valence-corrected chi connectivity index (χ1v) is 8.41. The number of hydrogen-bond donors (Lipinski definition) is 0. The van der Waals surface area contributed by atoms with E-state index in [2.05, 4.69) is 39.6 Å². The number of para-hydroxylation sites is 1. The van der Waals surface area contributed by atoms with E-state index in [1.54, 1.807) is 0 Å². The molecule has 0 atom stereocenters. The first kappa shape index (κ1) is 16.3. The van der Waals surface area contributed by atoms with E-state index in [1.165, 1.54) is 17.3 Å². The minimum atomic E-state index is -0.195. The number of imidazole rings is 1. The first-order chi connectivity index (χ1) is 10.8. The Balaban J connectivity index is 0.00000156. The van der Waals surface area contributed by atoms with Gasteiger partial charge in [0.15, 0.2) is 5.69 Å². The summed E-state index contributed by atoms with van der Waals surface area (Å²) in [4.78, 5) is 0. The van der Waals surface area contributed by atoms with Crippen LogP contribution in [-0.2, 0) is 6.54 Å². The normalized spacial score (nSPS) is 13.3. The molecule has 2 aromatic carbocycles. The molecular formula is C18H16BrFN2S. The molecule has 5 heteroatoms. The summed E-state index contributed by atoms with van der Waals surface area (Å²) in [6.07, 6.45) is 3.32. The van der Waals surface area contributed by atoms with Crippen LogP contribution in [0.15, 0.2) is 66.0 Å². The number of thioether (sulfide) groups is 1. The van der Waals surface area contributed by atoms with Crippen LogP contribution in [0.2, 0.25) is 0 Å². The molecule has 0 N–H and O–H groups in total. The second-order valence-corrected chi connectivity index (χ2v) is 6.43. The Kier molecular flexibility index (Phi) is 4.87. The lowest BCUT2D eigenvalue weighted by atomic mass is 10.1. The topological polar surface area (TPSA) is 8.81 Å². The number of fused-ring (bicyclic) bond motifs is 1. The third-order valence-corrected chi connectivity index (χ3v) is 5.08. The Morgan fingerprint density at radius 2 is 1.74 bits per heavy atom. The van der Waals surface area contributed by atoms with Gasteiger partial charge in [-0.3, -0.25) is 0 Å². The van der Waals surface area contributed by atoms with Crippen molar-refractivity contribution < 1.29 is 25.9 Å². The van der Waals surface area contributed by atoms with Crippen molar-refractivity contribution >= 4 is 11.8 Å². The van der Waals surface area contributed by atoms with Gasteiger partial charge in [-0.25, -0.2) is 8.96 Å². The average Bonchev–Trinajstić information content (AvgIpc) is 2.96. The molecule has 4 rings (SSSR count). The molecule has 0 unspecified atom stereocenters. The third-order valence-electron chi connectivity index (χ3n) is 3.91. The molecule has 23 heavy (non-hydrogen) atoms. The van der Waals surface area contributed by atoms with Gasteiger partial charge < -0.3 is 17.0 Å². The Bertz CT molecular complexity index is 800. The number of rotatable bonds is 2. The monoisotopic (exact) mass is 390 g/mol. The largest absolute Gasteiger partial charge is 1.00 e. The maximum Gasteiger partial charge on any atom is 0.323 e. The number of hydrogen-bond acceptors (Lipinski definition) is 1. The first-order valence-electron chi connectivity index (χ1n) is 7.42. The molecule has 0 bridgehead atoms. The van der Waals surface area contributed by atoms with E-state index in [-0.39, 0.29) is 22.8 Å². The van der Waals surface area contributed by atoms with E-state index in [4.69, 9.17) is 0 Å². The van der Waals surface area contributed by atoms with E-state index in [9.17, 15) is 4.39 Å². The number of benzene rings is 2. The van der Waals surface area contributed by atoms with Crippen LogP contribution in [0.5, 0.6) is 0 Å². The summed E-state index contributed by atoms with van der Waals surface area (Å²) in [5.41, 5.74) is 3.36. The minimum absolute atomic E-state index is 0. The zero-order valence-electron chi connectivity index (χ0n) is 12.5. The molecule has 0 saturated carbocycles. The van der Waals surface area contributed by atoms with Crippen LogP contribution in [0.1, 0.15) is 6.42 Å². The molecule has 0 aliphatic carbocycles. The molecule has 0 amide bonds. The highest BCUT2D eigenvalue weighted by molar-refractivity contribution is 7.99. The predicted octanol–water partition coefficient (Wildman–Crippen LogP) is 1.07. The quantitative estimate of drug-likeness (QED) is 0.594. The van der Waals surface area contributed by atoms with Crippen molar-refractivity contribution in [2.75, 3.05) is 5.75 Å². The average molecular weight is 391 g/mol. The van der Waals surface area contributed by atoms with Crippen molar-refractivity contribution in [3.8, 4) is 16.9 Å². The van der Waals surface area contributed by atoms with Crippen molar-refractivity contribution in [2.45, 2.75) is 18.1 Å². The summed E-state index contributed by atoms with van der Waals surface area (Å²) in [5, 5.41) is 1.25. The smallest absolute Gasteiger partial charge is 0.323 e. The molecule has 1 aliphatic heterocycles. The lowest BCUT2D eigenvalue weighted by molar-refractivity contribution is -0.724. The van der Waals surface area contributed by atoms with Crippen LogP contribution in [-0.4, -0.2) is 10.3 Å². The van der Waals surface area contributed by atoms with E-state index in [1.807, 2.05) is 30.0 Å². The van der Waals surface area contributed by atoms with Gasteiger partial charge in [0.05, 0.1) is 6.54 Å². The summed E-state index contributed by atoms with van der Waals surface area (Å²) in [5.74, 6) is 0.944. The lowest BCUT2D eigenvalue weighted by Gasteiger charge is -2.10. The Morgan fingerprint density at radius 3 is 2.48 bits per heavy atom. The summed E-state index contributed by atoms with van der Waals surface area (Å²) in [7, 11) is 0. The molecule has 0 fully saturated rings. The molecule has 0 spiro atoms. The van der Waals surface area contributed by atoms with Gasteiger partial charge in [0, 0.05) is 11.3 Å². The van der Waals surface area contributed by atoms with E-state index in [0.29, 0.717) is 0 Å². The zero-order chi connectivity index (χ0) is 14.9. The maximum atomic E-state index is 13.2. The van der Waals surface area contributed by atoms with Crippen molar-refractivity contribution in [2.24, 2.45) is 0 Å². The van der Waals surface area contributed by atoms with Gasteiger partial charge in [-0.2, -0.15) is 4.57 Å². The van der Waals surface area contributed by atoms with Crippen LogP contribution < -0.4 is 21.5 Å². The highest BCUT2D eigenvalue weighted by Crippen LogP contribution is 2.28. The third kappa shape index (κ3) is 3.08. The van der Waals surface area contributed by atoms with Gasteiger partial charge in [0.25, 0.3) is 0 Å². The van der Waals surface area contributed by atoms with Crippen LogP contribution in [0, 0.1) is 5.82 Å². The van der Waals surface area contributed by atoms with Crippen LogP contribution in [0.4, 0.5) is 4.39 Å². The van der Waals surface area contributed by atoms with Gasteiger partial charge in [0.2, 0.25) is 0 Å². The lowest BCUT2D eigenvalue weighted by Crippen LogP contribution is -3.00. The predicted molar refractivity (Wildman–Crippen MR) is 86.7 cm³/mol. The number of aromatic nitrogens is 2. The fraction of sp³-hybridized carbons (Fsp3) is 0.167. The van der Waals surface area contributed by atoms with Crippen molar-refractivity contribution in [3.63, 3.8) is 0 Å². The van der Waals surface area contributed by atoms with Crippen molar-refractivity contribution in [1.82, 2.24) is 4.57 Å². The fourth-order valence-electron chi connectivity index (χ4n) is 2.85. The van der Waals surface area contributed by atoms with Crippen LogP contribution >= 0.6 is 11.8 Å². The Hall–Kier alpha value is -1.59. The van der Waals surface area contributed by atoms with Gasteiger partial charge in [-0.15, -0.1) is 0 Å². The Morgan fingerprint density at radius 1 is 1.00 bits per heavy atom. The second kappa shape index (κ2) is 6.89. The number of halogens is 2. The van der Waals surface area contributed by atoms with E-state index >= 15 is 0 Å².